The minimum absolute atomic E-state index is 0.223. The Morgan fingerprint density at radius 2 is 1.79 bits per heavy atom. The van der Waals surface area contributed by atoms with Crippen molar-refractivity contribution in [3.05, 3.63) is 41.6 Å². The van der Waals surface area contributed by atoms with Gasteiger partial charge in [-0.1, -0.05) is 18.6 Å². The molecule has 2 aliphatic carbocycles. The first-order valence-corrected chi connectivity index (χ1v) is 13.2. The molecule has 1 aliphatic heterocycles. The minimum Gasteiger partial charge on any atom is -0.370 e. The lowest BCUT2D eigenvalue weighted by Crippen LogP contribution is -2.35. The number of likely N-dealkylation sites (tertiary alicyclic amines) is 1. The van der Waals surface area contributed by atoms with Crippen molar-refractivity contribution >= 4 is 23.4 Å². The summed E-state index contributed by atoms with van der Waals surface area (Å²) in [4.78, 5) is 23.9. The van der Waals surface area contributed by atoms with Crippen LogP contribution in [0.4, 0.5) is 17.5 Å². The molecule has 0 radical (unpaired) electrons. The van der Waals surface area contributed by atoms with Crippen molar-refractivity contribution in [2.75, 3.05) is 43.4 Å². The average molecular weight is 463 g/mol. The van der Waals surface area contributed by atoms with Gasteiger partial charge in [-0.05, 0) is 88.1 Å². The zero-order valence-corrected chi connectivity index (χ0v) is 20.2. The minimum atomic E-state index is 0.223. The van der Waals surface area contributed by atoms with Crippen LogP contribution in [-0.4, -0.2) is 53.5 Å². The summed E-state index contributed by atoms with van der Waals surface area (Å²) in [6.07, 6.45) is 12.3. The molecule has 7 nitrogen and oxygen atoms in total. The van der Waals surface area contributed by atoms with E-state index in [0.29, 0.717) is 18.4 Å². The monoisotopic (exact) mass is 462 g/mol. The van der Waals surface area contributed by atoms with Crippen molar-refractivity contribution < 1.29 is 4.79 Å². The Bertz CT molecular complexity index is 948. The summed E-state index contributed by atoms with van der Waals surface area (Å²) in [5, 5.41) is 9.93. The molecule has 3 N–H and O–H groups in total. The van der Waals surface area contributed by atoms with Gasteiger partial charge in [0.05, 0.1) is 0 Å². The zero-order chi connectivity index (χ0) is 23.2. The van der Waals surface area contributed by atoms with E-state index in [2.05, 4.69) is 50.1 Å². The third-order valence-corrected chi connectivity index (χ3v) is 7.38. The molecule has 1 amide bonds. The second-order valence-electron chi connectivity index (χ2n) is 10.1. The largest absolute Gasteiger partial charge is 0.370 e. The molecule has 0 unspecified atom stereocenters. The van der Waals surface area contributed by atoms with E-state index in [9.17, 15) is 4.79 Å². The van der Waals surface area contributed by atoms with Crippen molar-refractivity contribution in [1.82, 2.24) is 20.2 Å². The van der Waals surface area contributed by atoms with Gasteiger partial charge in [0.1, 0.15) is 5.82 Å². The number of carbonyl (C=O) groups excluding carboxylic acids is 1. The van der Waals surface area contributed by atoms with Gasteiger partial charge in [-0.3, -0.25) is 4.79 Å². The van der Waals surface area contributed by atoms with Crippen LogP contribution in [0.25, 0.3) is 0 Å². The van der Waals surface area contributed by atoms with Crippen molar-refractivity contribution in [1.29, 1.82) is 0 Å². The fraction of sp³-hybridized carbons (Fsp3) is 0.593. The highest BCUT2D eigenvalue weighted by Gasteiger charge is 2.28. The van der Waals surface area contributed by atoms with Crippen LogP contribution in [0.2, 0.25) is 0 Å². The number of amides is 1. The average Bonchev–Trinajstić information content (AvgIpc) is 3.52. The predicted molar refractivity (Wildman–Crippen MR) is 137 cm³/mol. The lowest BCUT2D eigenvalue weighted by atomic mass is 9.85. The molecule has 2 saturated carbocycles. The van der Waals surface area contributed by atoms with Crippen molar-refractivity contribution in [2.24, 2.45) is 5.92 Å². The summed E-state index contributed by atoms with van der Waals surface area (Å²) in [6, 6.07) is 8.65. The summed E-state index contributed by atoms with van der Waals surface area (Å²) >= 11 is 0. The Morgan fingerprint density at radius 1 is 1.00 bits per heavy atom. The van der Waals surface area contributed by atoms with Crippen LogP contribution in [0.15, 0.2) is 30.5 Å². The molecule has 1 aromatic heterocycles. The van der Waals surface area contributed by atoms with Crippen molar-refractivity contribution in [3.8, 4) is 0 Å². The van der Waals surface area contributed by atoms with E-state index < -0.39 is 0 Å². The Kier molecular flexibility index (Phi) is 7.59. The van der Waals surface area contributed by atoms with Gasteiger partial charge in [-0.2, -0.15) is 4.98 Å². The lowest BCUT2D eigenvalue weighted by Gasteiger charge is -2.24. The molecule has 2 aromatic rings. The van der Waals surface area contributed by atoms with Crippen molar-refractivity contribution in [2.45, 2.75) is 63.7 Å². The number of carbonyl (C=O) groups is 1. The van der Waals surface area contributed by atoms with Crippen LogP contribution in [0.3, 0.4) is 0 Å². The van der Waals surface area contributed by atoms with E-state index in [1.54, 1.807) is 0 Å². The maximum absolute atomic E-state index is 12.0. The highest BCUT2D eigenvalue weighted by molar-refractivity contribution is 5.79. The highest BCUT2D eigenvalue weighted by atomic mass is 16.1. The van der Waals surface area contributed by atoms with E-state index >= 15 is 0 Å². The molecule has 182 valence electrons. The Hall–Kier alpha value is -2.67. The fourth-order valence-electron chi connectivity index (χ4n) is 4.78. The normalized spacial score (nSPS) is 18.5. The number of nitrogens with zero attached hydrogens (tertiary/aromatic N) is 3. The third-order valence-electron chi connectivity index (χ3n) is 7.38. The first-order valence-electron chi connectivity index (χ1n) is 13.2. The Balaban J connectivity index is 1.12. The Morgan fingerprint density at radius 3 is 2.50 bits per heavy atom. The van der Waals surface area contributed by atoms with Gasteiger partial charge in [0, 0.05) is 43.0 Å². The predicted octanol–water partition coefficient (Wildman–Crippen LogP) is 4.45. The quantitative estimate of drug-likeness (QED) is 0.404. The number of hydrogen-bond acceptors (Lipinski definition) is 6. The van der Waals surface area contributed by atoms with Gasteiger partial charge in [0.25, 0.3) is 0 Å². The molecule has 0 atom stereocenters. The summed E-state index contributed by atoms with van der Waals surface area (Å²) in [7, 11) is 0. The molecule has 0 spiro atoms. The van der Waals surface area contributed by atoms with Crippen LogP contribution in [0, 0.1) is 5.92 Å². The second-order valence-corrected chi connectivity index (χ2v) is 10.1. The van der Waals surface area contributed by atoms with Gasteiger partial charge < -0.3 is 20.9 Å². The molecule has 3 fully saturated rings. The summed E-state index contributed by atoms with van der Waals surface area (Å²) < 4.78 is 0. The topological polar surface area (TPSA) is 82.2 Å². The van der Waals surface area contributed by atoms with E-state index in [0.717, 1.165) is 50.3 Å². The SMILES string of the molecule is O=C(NCCCNc1nc(Nc2ccc(CCN3CCCC3)cc2)ncc1C1CC1)C1CCC1. The number of benzene rings is 1. The van der Waals surface area contributed by atoms with Gasteiger partial charge >= 0.3 is 0 Å². The van der Waals surface area contributed by atoms with Gasteiger partial charge in [-0.15, -0.1) is 0 Å². The number of anilines is 3. The van der Waals surface area contributed by atoms with Gasteiger partial charge in [0.15, 0.2) is 0 Å². The molecule has 2 heterocycles. The van der Waals surface area contributed by atoms with E-state index in [4.69, 9.17) is 4.98 Å². The number of nitrogens with one attached hydrogen (secondary N) is 3. The van der Waals surface area contributed by atoms with Crippen LogP contribution in [-0.2, 0) is 11.2 Å². The summed E-state index contributed by atoms with van der Waals surface area (Å²) in [5.41, 5.74) is 3.59. The van der Waals surface area contributed by atoms with Crippen LogP contribution in [0.5, 0.6) is 0 Å². The molecule has 1 aromatic carbocycles. The highest BCUT2D eigenvalue weighted by Crippen LogP contribution is 2.42. The molecule has 0 bridgehead atoms. The van der Waals surface area contributed by atoms with E-state index in [1.807, 2.05) is 6.20 Å². The standard InChI is InChI=1S/C27H38N6O/c34-26(22-5-3-6-22)29-15-4-14-28-25-24(21-9-10-21)19-30-27(32-25)31-23-11-7-20(8-12-23)13-18-33-16-1-2-17-33/h7-8,11-12,19,21-22H,1-6,9-10,13-18H2,(H,29,34)(H2,28,30,31,32). The number of rotatable bonds is 12. The van der Waals surface area contributed by atoms with Crippen molar-refractivity contribution in [3.63, 3.8) is 0 Å². The molecule has 1 saturated heterocycles. The molecule has 7 heteroatoms. The second kappa shape index (κ2) is 11.2. The fourth-order valence-corrected chi connectivity index (χ4v) is 4.78. The number of hydrogen-bond donors (Lipinski definition) is 3. The van der Waals surface area contributed by atoms with E-state index in [1.165, 1.54) is 56.3 Å². The Labute approximate surface area is 203 Å². The third kappa shape index (κ3) is 6.26. The molecule has 3 aliphatic rings. The van der Waals surface area contributed by atoms with Gasteiger partial charge in [-0.25, -0.2) is 4.98 Å². The molecule has 5 rings (SSSR count). The molecular formula is C27H38N6O. The zero-order valence-electron chi connectivity index (χ0n) is 20.2. The smallest absolute Gasteiger partial charge is 0.229 e. The van der Waals surface area contributed by atoms with E-state index in [-0.39, 0.29) is 11.8 Å². The van der Waals surface area contributed by atoms with Crippen LogP contribution in [0.1, 0.15) is 68.4 Å². The maximum Gasteiger partial charge on any atom is 0.229 e. The summed E-state index contributed by atoms with van der Waals surface area (Å²) in [6.45, 7) is 5.14. The first kappa shape index (κ1) is 23.1. The molecular weight excluding hydrogens is 424 g/mol. The first-order chi connectivity index (χ1) is 16.7. The lowest BCUT2D eigenvalue weighted by molar-refractivity contribution is -0.127. The molecule has 34 heavy (non-hydrogen) atoms. The summed E-state index contributed by atoms with van der Waals surface area (Å²) in [5.74, 6) is 2.59. The maximum atomic E-state index is 12.0. The van der Waals surface area contributed by atoms with Gasteiger partial charge in [0.2, 0.25) is 11.9 Å². The van der Waals surface area contributed by atoms with Crippen LogP contribution >= 0.6 is 0 Å². The number of aromatic nitrogens is 2. The van der Waals surface area contributed by atoms with Crippen LogP contribution < -0.4 is 16.0 Å².